The molecule has 3 rings (SSSR count). The number of benzene rings is 2. The third-order valence-corrected chi connectivity index (χ3v) is 4.63. The van der Waals surface area contributed by atoms with Gasteiger partial charge in [-0.05, 0) is 47.1 Å². The second-order valence-corrected chi connectivity index (χ2v) is 6.07. The molecule has 1 aliphatic rings. The lowest BCUT2D eigenvalue weighted by Crippen LogP contribution is -2.06. The maximum Gasteiger partial charge on any atom is 0.341 e. The van der Waals surface area contributed by atoms with Crippen LogP contribution < -0.4 is 4.74 Å². The highest BCUT2D eigenvalue weighted by Gasteiger charge is 2.41. The second kappa shape index (κ2) is 7.43. The number of hydrogen-bond acceptors (Lipinski definition) is 4. The molecule has 2 atom stereocenters. The van der Waals surface area contributed by atoms with Gasteiger partial charge < -0.3 is 14.2 Å². The van der Waals surface area contributed by atoms with Crippen molar-refractivity contribution in [3.05, 3.63) is 71.5 Å². The number of rotatable bonds is 6. The molecule has 2 aromatic carbocycles. The standard InChI is InChI=1S/C21H22O4/c1-23-13-20(21(22)25-3)17-7-5-4-6-16(17)19-12-18(19)14-8-10-15(24-2)11-9-14/h4-11,13,18-19H,12H2,1-3H3/t18-,19-/m1/s1. The number of ether oxygens (including phenoxy) is 3. The number of carbonyl (C=O) groups is 1. The Balaban J connectivity index is 1.89. The van der Waals surface area contributed by atoms with Gasteiger partial charge in [-0.3, -0.25) is 0 Å². The van der Waals surface area contributed by atoms with Crippen LogP contribution >= 0.6 is 0 Å². The lowest BCUT2D eigenvalue weighted by atomic mass is 9.95. The fraction of sp³-hybridized carbons (Fsp3) is 0.286. The molecule has 2 aromatic rings. The third-order valence-electron chi connectivity index (χ3n) is 4.63. The molecular formula is C21H22O4. The molecule has 1 saturated carbocycles. The van der Waals surface area contributed by atoms with Crippen LogP contribution in [0, 0.1) is 0 Å². The van der Waals surface area contributed by atoms with Crippen molar-refractivity contribution in [1.29, 1.82) is 0 Å². The van der Waals surface area contributed by atoms with Crippen LogP contribution in [0.1, 0.15) is 34.9 Å². The molecule has 0 unspecified atom stereocenters. The largest absolute Gasteiger partial charge is 0.503 e. The summed E-state index contributed by atoms with van der Waals surface area (Å²) in [5.41, 5.74) is 3.76. The van der Waals surface area contributed by atoms with Crippen LogP contribution in [0.3, 0.4) is 0 Å². The molecule has 4 nitrogen and oxygen atoms in total. The summed E-state index contributed by atoms with van der Waals surface area (Å²) in [5.74, 6) is 1.30. The molecule has 0 amide bonds. The van der Waals surface area contributed by atoms with E-state index >= 15 is 0 Å². The summed E-state index contributed by atoms with van der Waals surface area (Å²) in [6.45, 7) is 0. The van der Waals surface area contributed by atoms with Gasteiger partial charge in [-0.1, -0.05) is 36.4 Å². The highest BCUT2D eigenvalue weighted by molar-refractivity contribution is 6.16. The minimum atomic E-state index is -0.393. The Labute approximate surface area is 148 Å². The second-order valence-electron chi connectivity index (χ2n) is 6.07. The monoisotopic (exact) mass is 338 g/mol. The van der Waals surface area contributed by atoms with Crippen LogP contribution in [0.5, 0.6) is 5.75 Å². The average molecular weight is 338 g/mol. The Morgan fingerprint density at radius 1 is 1.00 bits per heavy atom. The zero-order valence-corrected chi connectivity index (χ0v) is 14.7. The zero-order valence-electron chi connectivity index (χ0n) is 14.7. The number of methoxy groups -OCH3 is 3. The summed E-state index contributed by atoms with van der Waals surface area (Å²) >= 11 is 0. The van der Waals surface area contributed by atoms with Crippen LogP contribution in [-0.4, -0.2) is 27.3 Å². The first-order valence-electron chi connectivity index (χ1n) is 8.24. The summed E-state index contributed by atoms with van der Waals surface area (Å²) in [4.78, 5) is 12.1. The third kappa shape index (κ3) is 3.53. The summed E-state index contributed by atoms with van der Waals surface area (Å²) in [6.07, 6.45) is 2.51. The summed E-state index contributed by atoms with van der Waals surface area (Å²) < 4.78 is 15.2. The van der Waals surface area contributed by atoms with Gasteiger partial charge in [-0.25, -0.2) is 4.79 Å². The van der Waals surface area contributed by atoms with E-state index < -0.39 is 5.97 Å². The molecule has 0 saturated heterocycles. The smallest absolute Gasteiger partial charge is 0.341 e. The van der Waals surface area contributed by atoms with E-state index in [-0.39, 0.29) is 0 Å². The van der Waals surface area contributed by atoms with E-state index in [0.29, 0.717) is 17.4 Å². The van der Waals surface area contributed by atoms with Crippen LogP contribution in [-0.2, 0) is 14.3 Å². The number of carbonyl (C=O) groups excluding carboxylic acids is 1. The Kier molecular flexibility index (Phi) is 5.08. The molecular weight excluding hydrogens is 316 g/mol. The van der Waals surface area contributed by atoms with Crippen LogP contribution in [0.15, 0.2) is 54.8 Å². The van der Waals surface area contributed by atoms with Gasteiger partial charge in [0.25, 0.3) is 0 Å². The predicted octanol–water partition coefficient (Wildman–Crippen LogP) is 4.13. The predicted molar refractivity (Wildman–Crippen MR) is 96.5 cm³/mol. The van der Waals surface area contributed by atoms with Gasteiger partial charge in [0.2, 0.25) is 0 Å². The highest BCUT2D eigenvalue weighted by atomic mass is 16.5. The maximum atomic E-state index is 12.1. The number of esters is 1. The van der Waals surface area contributed by atoms with Gasteiger partial charge in [0.1, 0.15) is 11.3 Å². The van der Waals surface area contributed by atoms with Gasteiger partial charge >= 0.3 is 5.97 Å². The zero-order chi connectivity index (χ0) is 17.8. The average Bonchev–Trinajstić information content (AvgIpc) is 3.46. The van der Waals surface area contributed by atoms with Crippen molar-refractivity contribution in [3.63, 3.8) is 0 Å². The van der Waals surface area contributed by atoms with E-state index in [4.69, 9.17) is 14.2 Å². The molecule has 0 heterocycles. The Bertz CT molecular complexity index is 777. The van der Waals surface area contributed by atoms with E-state index in [1.54, 1.807) is 7.11 Å². The Morgan fingerprint density at radius 3 is 2.36 bits per heavy atom. The topological polar surface area (TPSA) is 44.8 Å². The molecule has 4 heteroatoms. The SMILES string of the molecule is COC=C(C(=O)OC)c1ccccc1[C@H]1C[C@@H]1c1ccc(OC)cc1. The first kappa shape index (κ1) is 17.1. The van der Waals surface area contributed by atoms with E-state index in [0.717, 1.165) is 23.3 Å². The Morgan fingerprint density at radius 2 is 1.72 bits per heavy atom. The molecule has 0 aliphatic heterocycles. The minimum absolute atomic E-state index is 0.384. The van der Waals surface area contributed by atoms with E-state index in [2.05, 4.69) is 18.2 Å². The van der Waals surface area contributed by atoms with Gasteiger partial charge in [-0.2, -0.15) is 0 Å². The van der Waals surface area contributed by atoms with Gasteiger partial charge in [0, 0.05) is 0 Å². The maximum absolute atomic E-state index is 12.1. The molecule has 0 aromatic heterocycles. The van der Waals surface area contributed by atoms with Crippen molar-refractivity contribution >= 4 is 11.5 Å². The lowest BCUT2D eigenvalue weighted by Gasteiger charge is -2.12. The van der Waals surface area contributed by atoms with E-state index in [1.165, 1.54) is 26.0 Å². The fourth-order valence-corrected chi connectivity index (χ4v) is 3.27. The quantitative estimate of drug-likeness (QED) is 0.451. The van der Waals surface area contributed by atoms with Gasteiger partial charge in [-0.15, -0.1) is 0 Å². The van der Waals surface area contributed by atoms with Gasteiger partial charge in [0.05, 0.1) is 27.6 Å². The lowest BCUT2D eigenvalue weighted by molar-refractivity contribution is -0.133. The van der Waals surface area contributed by atoms with Crippen LogP contribution in [0.25, 0.3) is 5.57 Å². The van der Waals surface area contributed by atoms with E-state index in [9.17, 15) is 4.79 Å². The molecule has 1 fully saturated rings. The summed E-state index contributed by atoms with van der Waals surface area (Å²) in [7, 11) is 4.58. The van der Waals surface area contributed by atoms with Crippen LogP contribution in [0.4, 0.5) is 0 Å². The summed E-state index contributed by atoms with van der Waals surface area (Å²) in [5, 5.41) is 0. The molecule has 0 radical (unpaired) electrons. The van der Waals surface area contributed by atoms with Crippen molar-refractivity contribution in [2.24, 2.45) is 0 Å². The normalized spacial score (nSPS) is 19.2. The highest BCUT2D eigenvalue weighted by Crippen LogP contribution is 2.56. The van der Waals surface area contributed by atoms with Crippen molar-refractivity contribution in [2.45, 2.75) is 18.3 Å². The minimum Gasteiger partial charge on any atom is -0.503 e. The van der Waals surface area contributed by atoms with Gasteiger partial charge in [0.15, 0.2) is 0 Å². The summed E-state index contributed by atoms with van der Waals surface area (Å²) in [6, 6.07) is 16.1. The van der Waals surface area contributed by atoms with Crippen molar-refractivity contribution in [2.75, 3.05) is 21.3 Å². The molecule has 130 valence electrons. The molecule has 0 bridgehead atoms. The van der Waals surface area contributed by atoms with Crippen LogP contribution in [0.2, 0.25) is 0 Å². The fourth-order valence-electron chi connectivity index (χ4n) is 3.27. The molecule has 1 aliphatic carbocycles. The first-order chi connectivity index (χ1) is 12.2. The molecule has 0 spiro atoms. The molecule has 25 heavy (non-hydrogen) atoms. The van der Waals surface area contributed by atoms with Crippen molar-refractivity contribution in [3.8, 4) is 5.75 Å². The van der Waals surface area contributed by atoms with Crippen molar-refractivity contribution in [1.82, 2.24) is 0 Å². The van der Waals surface area contributed by atoms with E-state index in [1.807, 2.05) is 30.3 Å². The molecule has 0 N–H and O–H groups in total. The Hall–Kier alpha value is -2.75. The number of hydrogen-bond donors (Lipinski definition) is 0. The van der Waals surface area contributed by atoms with Crippen molar-refractivity contribution < 1.29 is 19.0 Å². The first-order valence-corrected chi connectivity index (χ1v) is 8.24.